The van der Waals surface area contributed by atoms with Gasteiger partial charge in [0.2, 0.25) is 0 Å². The molecule has 0 spiro atoms. The van der Waals surface area contributed by atoms with Crippen LogP contribution >= 0.6 is 11.6 Å². The van der Waals surface area contributed by atoms with Crippen molar-refractivity contribution in [2.45, 2.75) is 6.92 Å². The van der Waals surface area contributed by atoms with Gasteiger partial charge in [0.25, 0.3) is 0 Å². The molecule has 2 heteroatoms. The van der Waals surface area contributed by atoms with Crippen molar-refractivity contribution in [2.75, 3.05) is 6.61 Å². The van der Waals surface area contributed by atoms with E-state index in [1.165, 1.54) is 0 Å². The van der Waals surface area contributed by atoms with Crippen LogP contribution in [0.5, 0.6) is 5.75 Å². The monoisotopic (exact) mass is 169 g/mol. The molecular formula is C9H10ClO. The van der Waals surface area contributed by atoms with E-state index in [1.807, 2.05) is 19.1 Å². The summed E-state index contributed by atoms with van der Waals surface area (Å²) in [5.41, 5.74) is 0.833. The Hall–Kier alpha value is -0.690. The van der Waals surface area contributed by atoms with Crippen LogP contribution in [0.1, 0.15) is 12.5 Å². The van der Waals surface area contributed by atoms with Crippen LogP contribution in [0.3, 0.4) is 0 Å². The highest BCUT2D eigenvalue weighted by molar-refractivity contribution is 6.32. The summed E-state index contributed by atoms with van der Waals surface area (Å²) in [5.74, 6) is 0.691. The summed E-state index contributed by atoms with van der Waals surface area (Å²) in [6.45, 7) is 6.33. The summed E-state index contributed by atoms with van der Waals surface area (Å²) in [7, 11) is 0. The summed E-state index contributed by atoms with van der Waals surface area (Å²) < 4.78 is 5.27. The first-order valence-corrected chi connectivity index (χ1v) is 3.86. The zero-order valence-corrected chi connectivity index (χ0v) is 7.19. The molecule has 1 aromatic carbocycles. The minimum absolute atomic E-state index is 0.617. The van der Waals surface area contributed by atoms with E-state index in [0.29, 0.717) is 17.4 Å². The fraction of sp³-hybridized carbons (Fsp3) is 0.222. The molecule has 59 valence electrons. The molecule has 11 heavy (non-hydrogen) atoms. The third-order valence-corrected chi connectivity index (χ3v) is 1.63. The second-order valence-corrected chi connectivity index (χ2v) is 2.57. The molecule has 0 aromatic heterocycles. The number of ether oxygens (including phenoxy) is 1. The molecule has 0 unspecified atom stereocenters. The van der Waals surface area contributed by atoms with Crippen LogP contribution in [0.25, 0.3) is 0 Å². The van der Waals surface area contributed by atoms with Gasteiger partial charge in [-0.2, -0.15) is 0 Å². The molecule has 0 fully saturated rings. The Morgan fingerprint density at radius 2 is 2.27 bits per heavy atom. The largest absolute Gasteiger partial charge is 0.492 e. The molecule has 0 saturated carbocycles. The van der Waals surface area contributed by atoms with Gasteiger partial charge in [-0.15, -0.1) is 0 Å². The van der Waals surface area contributed by atoms with Crippen molar-refractivity contribution in [2.24, 2.45) is 0 Å². The van der Waals surface area contributed by atoms with E-state index < -0.39 is 0 Å². The number of benzene rings is 1. The number of hydrogen-bond donors (Lipinski definition) is 0. The standard InChI is InChI=1S/C9H10ClO/c1-3-11-9-7(2)5-4-6-8(9)10/h4-6H,2-3H2,1H3. The fourth-order valence-electron chi connectivity index (χ4n) is 0.859. The zero-order chi connectivity index (χ0) is 8.27. The molecule has 0 atom stereocenters. The van der Waals surface area contributed by atoms with Crippen molar-refractivity contribution in [3.8, 4) is 5.75 Å². The first-order chi connectivity index (χ1) is 5.25. The molecule has 0 amide bonds. The molecule has 0 bridgehead atoms. The lowest BCUT2D eigenvalue weighted by atomic mass is 10.2. The van der Waals surface area contributed by atoms with Gasteiger partial charge in [-0.3, -0.25) is 0 Å². The molecule has 1 rings (SSSR count). The number of para-hydroxylation sites is 1. The SMILES string of the molecule is [CH2]c1cccc(Cl)c1OCC. The quantitative estimate of drug-likeness (QED) is 0.662. The topological polar surface area (TPSA) is 9.23 Å². The van der Waals surface area contributed by atoms with Crippen molar-refractivity contribution >= 4 is 11.6 Å². The maximum absolute atomic E-state index is 5.84. The van der Waals surface area contributed by atoms with Crippen LogP contribution in [0.15, 0.2) is 18.2 Å². The van der Waals surface area contributed by atoms with E-state index in [4.69, 9.17) is 16.3 Å². The van der Waals surface area contributed by atoms with Gasteiger partial charge in [0.15, 0.2) is 0 Å². The smallest absolute Gasteiger partial charge is 0.141 e. The van der Waals surface area contributed by atoms with Gasteiger partial charge in [0.1, 0.15) is 5.75 Å². The minimum atomic E-state index is 0.617. The predicted octanol–water partition coefficient (Wildman–Crippen LogP) is 2.92. The van der Waals surface area contributed by atoms with Crippen LogP contribution in [-0.4, -0.2) is 6.61 Å². The maximum Gasteiger partial charge on any atom is 0.141 e. The highest BCUT2D eigenvalue weighted by atomic mass is 35.5. The van der Waals surface area contributed by atoms with Crippen molar-refractivity contribution in [3.05, 3.63) is 35.7 Å². The van der Waals surface area contributed by atoms with Crippen molar-refractivity contribution in [1.29, 1.82) is 0 Å². The minimum Gasteiger partial charge on any atom is -0.492 e. The van der Waals surface area contributed by atoms with Crippen molar-refractivity contribution in [3.63, 3.8) is 0 Å². The molecule has 0 N–H and O–H groups in total. The van der Waals surface area contributed by atoms with E-state index in [0.717, 1.165) is 5.56 Å². The fourth-order valence-corrected chi connectivity index (χ4v) is 1.11. The van der Waals surface area contributed by atoms with Gasteiger partial charge in [-0.1, -0.05) is 23.7 Å². The van der Waals surface area contributed by atoms with Crippen molar-refractivity contribution < 1.29 is 4.74 Å². The molecule has 1 aromatic rings. The van der Waals surface area contributed by atoms with Gasteiger partial charge in [-0.05, 0) is 25.5 Å². The molecule has 1 nitrogen and oxygen atoms in total. The average Bonchev–Trinajstić information content (AvgIpc) is 1.97. The number of halogens is 1. The second-order valence-electron chi connectivity index (χ2n) is 2.16. The molecule has 0 aliphatic carbocycles. The van der Waals surface area contributed by atoms with Gasteiger partial charge in [0, 0.05) is 0 Å². The molecule has 0 heterocycles. The van der Waals surface area contributed by atoms with Gasteiger partial charge in [0.05, 0.1) is 11.6 Å². The lowest BCUT2D eigenvalue weighted by molar-refractivity contribution is 0.339. The Morgan fingerprint density at radius 1 is 1.55 bits per heavy atom. The lowest BCUT2D eigenvalue weighted by Gasteiger charge is -2.07. The Bertz CT molecular complexity index is 225. The van der Waals surface area contributed by atoms with E-state index in [-0.39, 0.29) is 0 Å². The zero-order valence-electron chi connectivity index (χ0n) is 6.43. The highest BCUT2D eigenvalue weighted by Gasteiger charge is 2.02. The average molecular weight is 170 g/mol. The molecule has 1 radical (unpaired) electrons. The molecule has 0 saturated heterocycles. The normalized spacial score (nSPS) is 9.73. The van der Waals surface area contributed by atoms with Crippen LogP contribution in [0.4, 0.5) is 0 Å². The first-order valence-electron chi connectivity index (χ1n) is 3.49. The van der Waals surface area contributed by atoms with Gasteiger partial charge in [-0.25, -0.2) is 0 Å². The van der Waals surface area contributed by atoms with Crippen LogP contribution in [0.2, 0.25) is 5.02 Å². The van der Waals surface area contributed by atoms with E-state index in [2.05, 4.69) is 6.92 Å². The summed E-state index contributed by atoms with van der Waals surface area (Å²) >= 11 is 5.84. The summed E-state index contributed by atoms with van der Waals surface area (Å²) in [5, 5.41) is 0.624. The maximum atomic E-state index is 5.84. The number of rotatable bonds is 2. The Balaban J connectivity index is 3.00. The van der Waals surface area contributed by atoms with E-state index in [1.54, 1.807) is 6.07 Å². The van der Waals surface area contributed by atoms with Crippen molar-refractivity contribution in [1.82, 2.24) is 0 Å². The molecular weight excluding hydrogens is 160 g/mol. The summed E-state index contributed by atoms with van der Waals surface area (Å²) in [4.78, 5) is 0. The van der Waals surface area contributed by atoms with Crippen LogP contribution in [-0.2, 0) is 0 Å². The molecule has 0 aliphatic rings. The third kappa shape index (κ3) is 1.87. The van der Waals surface area contributed by atoms with Crippen LogP contribution < -0.4 is 4.74 Å². The lowest BCUT2D eigenvalue weighted by Crippen LogP contribution is -1.94. The van der Waals surface area contributed by atoms with E-state index in [9.17, 15) is 0 Å². The highest BCUT2D eigenvalue weighted by Crippen LogP contribution is 2.27. The van der Waals surface area contributed by atoms with Crippen LogP contribution in [0, 0.1) is 6.92 Å². The van der Waals surface area contributed by atoms with E-state index >= 15 is 0 Å². The summed E-state index contributed by atoms with van der Waals surface area (Å²) in [6.07, 6.45) is 0. The second kappa shape index (κ2) is 3.63. The third-order valence-electron chi connectivity index (χ3n) is 1.34. The van der Waals surface area contributed by atoms with Gasteiger partial charge < -0.3 is 4.74 Å². The first kappa shape index (κ1) is 8.41. The number of hydrogen-bond acceptors (Lipinski definition) is 1. The summed E-state index contributed by atoms with van der Waals surface area (Å²) in [6, 6.07) is 5.52. The predicted molar refractivity (Wildman–Crippen MR) is 47.1 cm³/mol. The van der Waals surface area contributed by atoms with Gasteiger partial charge >= 0.3 is 0 Å². The Morgan fingerprint density at radius 3 is 2.82 bits per heavy atom. The molecule has 0 aliphatic heterocycles. The Labute approximate surface area is 71.9 Å². The Kier molecular flexibility index (Phi) is 2.77.